The fraction of sp³-hybridized carbons (Fsp3) is 0.375. The molecule has 1 aromatic heterocycles. The standard InChI is InChI=1S/C16H21NOS/c1-12(2)17(11-14-7-6-10-19-14)16-9-5-4-8-15(16)13(3)18/h4-10,12-13,18H,11H2,1-3H3. The average Bonchev–Trinajstić information content (AvgIpc) is 2.88. The van der Waals surface area contributed by atoms with Crippen LogP contribution in [-0.2, 0) is 6.54 Å². The van der Waals surface area contributed by atoms with E-state index in [1.54, 1.807) is 11.3 Å². The fourth-order valence-corrected chi connectivity index (χ4v) is 2.92. The van der Waals surface area contributed by atoms with E-state index in [1.165, 1.54) is 4.88 Å². The third-order valence-electron chi connectivity index (χ3n) is 3.23. The lowest BCUT2D eigenvalue weighted by Gasteiger charge is -2.31. The second-order valence-corrected chi connectivity index (χ2v) is 6.07. The van der Waals surface area contributed by atoms with Gasteiger partial charge in [-0.1, -0.05) is 24.3 Å². The van der Waals surface area contributed by atoms with E-state index in [0.717, 1.165) is 17.8 Å². The molecule has 1 aromatic carbocycles. The van der Waals surface area contributed by atoms with Gasteiger partial charge in [-0.2, -0.15) is 0 Å². The van der Waals surface area contributed by atoms with Crippen LogP contribution in [0.15, 0.2) is 41.8 Å². The van der Waals surface area contributed by atoms with Crippen molar-refractivity contribution in [1.29, 1.82) is 0 Å². The Kier molecular flexibility index (Phi) is 4.61. The molecule has 0 bridgehead atoms. The van der Waals surface area contributed by atoms with Crippen LogP contribution < -0.4 is 4.90 Å². The van der Waals surface area contributed by atoms with Crippen LogP contribution >= 0.6 is 11.3 Å². The van der Waals surface area contributed by atoms with Crippen LogP contribution in [0.25, 0.3) is 0 Å². The van der Waals surface area contributed by atoms with Gasteiger partial charge in [0.25, 0.3) is 0 Å². The Morgan fingerprint density at radius 1 is 1.11 bits per heavy atom. The Labute approximate surface area is 119 Å². The van der Waals surface area contributed by atoms with Crippen LogP contribution in [0.5, 0.6) is 0 Å². The molecule has 3 heteroatoms. The molecule has 0 fully saturated rings. The minimum absolute atomic E-state index is 0.391. The number of thiophene rings is 1. The second-order valence-electron chi connectivity index (χ2n) is 5.04. The van der Waals surface area contributed by atoms with Gasteiger partial charge < -0.3 is 10.0 Å². The first kappa shape index (κ1) is 14.1. The van der Waals surface area contributed by atoms with Gasteiger partial charge >= 0.3 is 0 Å². The molecule has 0 radical (unpaired) electrons. The molecular formula is C16H21NOS. The van der Waals surface area contributed by atoms with Gasteiger partial charge in [-0.05, 0) is 38.3 Å². The van der Waals surface area contributed by atoms with Crippen molar-refractivity contribution < 1.29 is 5.11 Å². The molecule has 2 aromatic rings. The molecule has 0 amide bonds. The summed E-state index contributed by atoms with van der Waals surface area (Å²) in [6.45, 7) is 7.08. The van der Waals surface area contributed by atoms with Crippen molar-refractivity contribution >= 4 is 17.0 Å². The lowest BCUT2D eigenvalue weighted by molar-refractivity contribution is 0.199. The second kappa shape index (κ2) is 6.22. The maximum absolute atomic E-state index is 9.94. The lowest BCUT2D eigenvalue weighted by Crippen LogP contribution is -2.30. The van der Waals surface area contributed by atoms with Gasteiger partial charge in [0.1, 0.15) is 0 Å². The molecule has 2 nitrogen and oxygen atoms in total. The fourth-order valence-electron chi connectivity index (χ4n) is 2.22. The first-order chi connectivity index (χ1) is 9.09. The summed E-state index contributed by atoms with van der Waals surface area (Å²) in [5, 5.41) is 12.0. The maximum Gasteiger partial charge on any atom is 0.0781 e. The van der Waals surface area contributed by atoms with Crippen molar-refractivity contribution in [2.45, 2.75) is 39.5 Å². The van der Waals surface area contributed by atoms with E-state index >= 15 is 0 Å². The number of aliphatic hydroxyl groups excluding tert-OH is 1. The zero-order chi connectivity index (χ0) is 13.8. The zero-order valence-electron chi connectivity index (χ0n) is 11.7. The highest BCUT2D eigenvalue weighted by Gasteiger charge is 2.17. The van der Waals surface area contributed by atoms with Gasteiger partial charge in [-0.3, -0.25) is 0 Å². The average molecular weight is 275 g/mol. The SMILES string of the molecule is CC(O)c1ccccc1N(Cc1cccs1)C(C)C. The third kappa shape index (κ3) is 3.37. The number of aliphatic hydroxyl groups is 1. The quantitative estimate of drug-likeness (QED) is 0.883. The van der Waals surface area contributed by atoms with Gasteiger partial charge in [0.05, 0.1) is 12.6 Å². The van der Waals surface area contributed by atoms with Crippen molar-refractivity contribution in [3.05, 3.63) is 52.2 Å². The minimum atomic E-state index is -0.444. The number of benzene rings is 1. The number of nitrogens with zero attached hydrogens (tertiary/aromatic N) is 1. The summed E-state index contributed by atoms with van der Waals surface area (Å²) in [7, 11) is 0. The summed E-state index contributed by atoms with van der Waals surface area (Å²) >= 11 is 1.77. The summed E-state index contributed by atoms with van der Waals surface area (Å²) < 4.78 is 0. The maximum atomic E-state index is 9.94. The van der Waals surface area contributed by atoms with Crippen molar-refractivity contribution in [1.82, 2.24) is 0 Å². The molecule has 0 spiro atoms. The molecule has 1 atom stereocenters. The Bertz CT molecular complexity index is 505. The van der Waals surface area contributed by atoms with Crippen LogP contribution in [0.4, 0.5) is 5.69 Å². The van der Waals surface area contributed by atoms with Crippen LogP contribution in [-0.4, -0.2) is 11.1 Å². The van der Waals surface area contributed by atoms with E-state index in [2.05, 4.69) is 42.3 Å². The van der Waals surface area contributed by atoms with Crippen LogP contribution in [0, 0.1) is 0 Å². The first-order valence-corrected chi connectivity index (χ1v) is 7.53. The highest BCUT2D eigenvalue weighted by atomic mass is 32.1. The first-order valence-electron chi connectivity index (χ1n) is 6.65. The highest BCUT2D eigenvalue weighted by molar-refractivity contribution is 7.09. The molecular weight excluding hydrogens is 254 g/mol. The van der Waals surface area contributed by atoms with Crippen molar-refractivity contribution in [3.8, 4) is 0 Å². The van der Waals surface area contributed by atoms with E-state index < -0.39 is 6.10 Å². The summed E-state index contributed by atoms with van der Waals surface area (Å²) in [5.41, 5.74) is 2.12. The Morgan fingerprint density at radius 2 is 1.84 bits per heavy atom. The predicted molar refractivity (Wildman–Crippen MR) is 82.7 cm³/mol. The van der Waals surface area contributed by atoms with Crippen molar-refractivity contribution in [2.75, 3.05) is 4.90 Å². The Balaban J connectivity index is 2.34. The van der Waals surface area contributed by atoms with E-state index in [1.807, 2.05) is 25.1 Å². The molecule has 0 aliphatic rings. The minimum Gasteiger partial charge on any atom is -0.389 e. The summed E-state index contributed by atoms with van der Waals surface area (Å²) in [5.74, 6) is 0. The van der Waals surface area contributed by atoms with Gasteiger partial charge in [0.2, 0.25) is 0 Å². The lowest BCUT2D eigenvalue weighted by atomic mass is 10.1. The van der Waals surface area contributed by atoms with Crippen molar-refractivity contribution in [3.63, 3.8) is 0 Å². The number of hydrogen-bond donors (Lipinski definition) is 1. The molecule has 0 saturated heterocycles. The predicted octanol–water partition coefficient (Wildman–Crippen LogP) is 4.22. The van der Waals surface area contributed by atoms with Gasteiger partial charge in [-0.15, -0.1) is 11.3 Å². The molecule has 1 unspecified atom stereocenters. The van der Waals surface area contributed by atoms with E-state index in [4.69, 9.17) is 0 Å². The smallest absolute Gasteiger partial charge is 0.0781 e. The highest BCUT2D eigenvalue weighted by Crippen LogP contribution is 2.29. The molecule has 0 saturated carbocycles. The van der Waals surface area contributed by atoms with Crippen LogP contribution in [0.3, 0.4) is 0 Å². The number of hydrogen-bond acceptors (Lipinski definition) is 3. The van der Waals surface area contributed by atoms with Gasteiger partial charge in [0.15, 0.2) is 0 Å². The topological polar surface area (TPSA) is 23.5 Å². The van der Waals surface area contributed by atoms with E-state index in [0.29, 0.717) is 6.04 Å². The Morgan fingerprint density at radius 3 is 2.42 bits per heavy atom. The molecule has 0 aliphatic heterocycles. The molecule has 19 heavy (non-hydrogen) atoms. The van der Waals surface area contributed by atoms with Gasteiger partial charge in [0, 0.05) is 22.2 Å². The molecule has 102 valence electrons. The largest absolute Gasteiger partial charge is 0.389 e. The molecule has 1 heterocycles. The number of anilines is 1. The van der Waals surface area contributed by atoms with E-state index in [9.17, 15) is 5.11 Å². The normalized spacial score (nSPS) is 12.7. The van der Waals surface area contributed by atoms with Crippen LogP contribution in [0.1, 0.15) is 37.3 Å². The molecule has 0 aliphatic carbocycles. The summed E-state index contributed by atoms with van der Waals surface area (Å²) in [4.78, 5) is 3.68. The molecule has 1 N–H and O–H groups in total. The van der Waals surface area contributed by atoms with Crippen LogP contribution in [0.2, 0.25) is 0 Å². The number of rotatable bonds is 5. The zero-order valence-corrected chi connectivity index (χ0v) is 12.5. The molecule has 2 rings (SSSR count). The van der Waals surface area contributed by atoms with E-state index in [-0.39, 0.29) is 0 Å². The number of para-hydroxylation sites is 1. The van der Waals surface area contributed by atoms with Crippen molar-refractivity contribution in [2.24, 2.45) is 0 Å². The third-order valence-corrected chi connectivity index (χ3v) is 4.09. The van der Waals surface area contributed by atoms with Gasteiger partial charge in [-0.25, -0.2) is 0 Å². The Hall–Kier alpha value is -1.32. The monoisotopic (exact) mass is 275 g/mol. The summed E-state index contributed by atoms with van der Waals surface area (Å²) in [6.07, 6.45) is -0.444. The summed E-state index contributed by atoms with van der Waals surface area (Å²) in [6, 6.07) is 12.7.